The number of nitrogen functional groups attached to an aromatic ring is 1. The van der Waals surface area contributed by atoms with Crippen molar-refractivity contribution in [1.82, 2.24) is 0 Å². The topological polar surface area (TPSA) is 59.5 Å². The number of amides is 1. The van der Waals surface area contributed by atoms with E-state index in [1.165, 1.54) is 17.5 Å². The molecule has 27 heavy (non-hydrogen) atoms. The molecule has 5 rings (SSSR count). The van der Waals surface area contributed by atoms with Crippen molar-refractivity contribution in [2.45, 2.75) is 38.5 Å². The summed E-state index contributed by atoms with van der Waals surface area (Å²) in [6.07, 6.45) is 7.47. The zero-order chi connectivity index (χ0) is 17.7. The zero-order valence-corrected chi connectivity index (χ0v) is 16.0. The molecule has 2 aromatic carbocycles. The Bertz CT molecular complexity index is 1020. The number of halogens is 1. The van der Waals surface area contributed by atoms with Gasteiger partial charge in [-0.3, -0.25) is 4.79 Å². The average molecular weight is 383 g/mol. The van der Waals surface area contributed by atoms with Gasteiger partial charge in [0.1, 0.15) is 5.58 Å². The molecule has 0 saturated heterocycles. The molecule has 1 aliphatic heterocycles. The molecule has 0 unspecified atom stereocenters. The van der Waals surface area contributed by atoms with E-state index in [4.69, 9.17) is 10.2 Å². The Morgan fingerprint density at radius 2 is 1.93 bits per heavy atom. The molecule has 0 radical (unpaired) electrons. The third kappa shape index (κ3) is 2.98. The van der Waals surface area contributed by atoms with Crippen molar-refractivity contribution in [2.24, 2.45) is 0 Å². The summed E-state index contributed by atoms with van der Waals surface area (Å²) in [5.41, 5.74) is 13.6. The summed E-state index contributed by atoms with van der Waals surface area (Å²) in [5.74, 6) is 0.111. The van der Waals surface area contributed by atoms with E-state index in [1.54, 1.807) is 6.26 Å². The largest absolute Gasteiger partial charge is 0.464 e. The predicted octanol–water partition coefficient (Wildman–Crippen LogP) is 4.45. The molecule has 0 atom stereocenters. The molecule has 0 spiro atoms. The number of furan rings is 1. The number of nitrogens with zero attached hydrogens (tertiary/aromatic N) is 1. The highest BCUT2D eigenvalue weighted by Gasteiger charge is 2.25. The number of hydrogen-bond donors (Lipinski definition) is 1. The maximum absolute atomic E-state index is 13.1. The molecule has 1 amide bonds. The van der Waals surface area contributed by atoms with Gasteiger partial charge < -0.3 is 15.1 Å². The lowest BCUT2D eigenvalue weighted by Gasteiger charge is -2.30. The van der Waals surface area contributed by atoms with E-state index < -0.39 is 0 Å². The SMILES string of the molecule is Cl.Nc1cccc2c1CCCN2C(=O)Cc1coc2cc3c(cc12)CCC3. The summed E-state index contributed by atoms with van der Waals surface area (Å²) >= 11 is 0. The highest BCUT2D eigenvalue weighted by Crippen LogP contribution is 2.33. The summed E-state index contributed by atoms with van der Waals surface area (Å²) < 4.78 is 5.76. The van der Waals surface area contributed by atoms with Crippen molar-refractivity contribution in [3.63, 3.8) is 0 Å². The van der Waals surface area contributed by atoms with Gasteiger partial charge in [0, 0.05) is 28.9 Å². The molecule has 0 saturated carbocycles. The van der Waals surface area contributed by atoms with E-state index in [0.717, 1.165) is 65.7 Å². The Balaban J connectivity index is 0.00000180. The van der Waals surface area contributed by atoms with Crippen LogP contribution in [0.2, 0.25) is 0 Å². The van der Waals surface area contributed by atoms with Gasteiger partial charge in [0.25, 0.3) is 0 Å². The van der Waals surface area contributed by atoms with E-state index >= 15 is 0 Å². The first kappa shape index (κ1) is 17.9. The Morgan fingerprint density at radius 1 is 1.11 bits per heavy atom. The Labute approximate surface area is 164 Å². The number of nitrogens with two attached hydrogens (primary N) is 1. The molecule has 4 nitrogen and oxygen atoms in total. The first-order valence-corrected chi connectivity index (χ1v) is 9.40. The molecule has 2 N–H and O–H groups in total. The van der Waals surface area contributed by atoms with E-state index in [0.29, 0.717) is 6.42 Å². The molecule has 140 valence electrons. The smallest absolute Gasteiger partial charge is 0.231 e. The van der Waals surface area contributed by atoms with Crippen LogP contribution in [0.4, 0.5) is 11.4 Å². The van der Waals surface area contributed by atoms with Crippen LogP contribution in [-0.4, -0.2) is 12.5 Å². The van der Waals surface area contributed by atoms with Crippen LogP contribution >= 0.6 is 12.4 Å². The van der Waals surface area contributed by atoms with Gasteiger partial charge in [-0.05, 0) is 73.1 Å². The van der Waals surface area contributed by atoms with Gasteiger partial charge in [0.05, 0.1) is 12.7 Å². The molecular weight excluding hydrogens is 360 g/mol. The molecule has 2 heterocycles. The summed E-state index contributed by atoms with van der Waals surface area (Å²) in [5, 5.41) is 1.09. The van der Waals surface area contributed by atoms with Gasteiger partial charge in [0.15, 0.2) is 0 Å². The van der Waals surface area contributed by atoms with Crippen molar-refractivity contribution in [3.05, 3.63) is 58.8 Å². The lowest BCUT2D eigenvalue weighted by Crippen LogP contribution is -2.36. The second-order valence-electron chi connectivity index (χ2n) is 7.40. The number of aryl methyl sites for hydroxylation is 2. The van der Waals surface area contributed by atoms with Crippen LogP contribution in [0.3, 0.4) is 0 Å². The lowest BCUT2D eigenvalue weighted by atomic mass is 9.98. The number of hydrogen-bond acceptors (Lipinski definition) is 3. The Morgan fingerprint density at radius 3 is 2.78 bits per heavy atom. The van der Waals surface area contributed by atoms with E-state index in [1.807, 2.05) is 23.1 Å². The van der Waals surface area contributed by atoms with E-state index in [9.17, 15) is 4.79 Å². The Kier molecular flexibility index (Phi) is 4.60. The second kappa shape index (κ2) is 6.93. The first-order chi connectivity index (χ1) is 12.7. The van der Waals surface area contributed by atoms with Crippen LogP contribution in [0.15, 0.2) is 41.0 Å². The highest BCUT2D eigenvalue weighted by atomic mass is 35.5. The molecule has 3 aromatic rings. The van der Waals surface area contributed by atoms with E-state index in [-0.39, 0.29) is 18.3 Å². The fraction of sp³-hybridized carbons (Fsp3) is 0.318. The number of fused-ring (bicyclic) bond motifs is 3. The lowest BCUT2D eigenvalue weighted by molar-refractivity contribution is -0.118. The molecule has 1 aromatic heterocycles. The first-order valence-electron chi connectivity index (χ1n) is 9.40. The van der Waals surface area contributed by atoms with Crippen LogP contribution in [0.25, 0.3) is 11.0 Å². The Hall–Kier alpha value is -2.46. The molecule has 0 bridgehead atoms. The van der Waals surface area contributed by atoms with Gasteiger partial charge in [-0.15, -0.1) is 12.4 Å². The van der Waals surface area contributed by atoms with Crippen LogP contribution < -0.4 is 10.6 Å². The minimum atomic E-state index is 0. The second-order valence-corrected chi connectivity index (χ2v) is 7.40. The van der Waals surface area contributed by atoms with Gasteiger partial charge in [-0.25, -0.2) is 0 Å². The van der Waals surface area contributed by atoms with Crippen molar-refractivity contribution in [1.29, 1.82) is 0 Å². The maximum Gasteiger partial charge on any atom is 0.231 e. The van der Waals surface area contributed by atoms with Gasteiger partial charge >= 0.3 is 0 Å². The van der Waals surface area contributed by atoms with Crippen LogP contribution in [0.1, 0.15) is 35.1 Å². The minimum Gasteiger partial charge on any atom is -0.464 e. The maximum atomic E-state index is 13.1. The van der Waals surface area contributed by atoms with Gasteiger partial charge in [-0.1, -0.05) is 6.07 Å². The standard InChI is InChI=1S/C22H22N2O2.ClH/c23-19-7-2-8-20-17(19)6-3-9-24(20)22(25)12-16-13-26-21-11-15-5-1-4-14(15)10-18(16)21;/h2,7-8,10-11,13H,1,3-6,9,12,23H2;1H. The monoisotopic (exact) mass is 382 g/mol. The quantitative estimate of drug-likeness (QED) is 0.666. The number of anilines is 2. The van der Waals surface area contributed by atoms with Crippen molar-refractivity contribution >= 4 is 40.7 Å². The van der Waals surface area contributed by atoms with Crippen molar-refractivity contribution < 1.29 is 9.21 Å². The summed E-state index contributed by atoms with van der Waals surface area (Å²) in [6, 6.07) is 10.2. The molecule has 0 fully saturated rings. The summed E-state index contributed by atoms with van der Waals surface area (Å²) in [7, 11) is 0. The number of carbonyl (C=O) groups excluding carboxylic acids is 1. The molecule has 5 heteroatoms. The normalized spacial score (nSPS) is 15.3. The fourth-order valence-corrected chi connectivity index (χ4v) is 4.45. The van der Waals surface area contributed by atoms with Crippen molar-refractivity contribution in [3.8, 4) is 0 Å². The molecule has 2 aliphatic rings. The highest BCUT2D eigenvalue weighted by molar-refractivity contribution is 5.99. The van der Waals surface area contributed by atoms with E-state index in [2.05, 4.69) is 12.1 Å². The average Bonchev–Trinajstić information content (AvgIpc) is 3.26. The summed E-state index contributed by atoms with van der Waals surface area (Å²) in [4.78, 5) is 15.0. The van der Waals surface area contributed by atoms with Crippen LogP contribution in [-0.2, 0) is 30.5 Å². The number of carbonyl (C=O) groups is 1. The minimum absolute atomic E-state index is 0. The third-order valence-corrected chi connectivity index (χ3v) is 5.80. The van der Waals surface area contributed by atoms with Gasteiger partial charge in [-0.2, -0.15) is 0 Å². The zero-order valence-electron chi connectivity index (χ0n) is 15.2. The molecular formula is C22H23ClN2O2. The summed E-state index contributed by atoms with van der Waals surface area (Å²) in [6.45, 7) is 0.750. The fourth-order valence-electron chi connectivity index (χ4n) is 4.45. The van der Waals surface area contributed by atoms with Crippen LogP contribution in [0.5, 0.6) is 0 Å². The molecule has 1 aliphatic carbocycles. The number of benzene rings is 2. The van der Waals surface area contributed by atoms with Crippen molar-refractivity contribution in [2.75, 3.05) is 17.2 Å². The third-order valence-electron chi connectivity index (χ3n) is 5.80. The predicted molar refractivity (Wildman–Crippen MR) is 111 cm³/mol. The number of rotatable bonds is 2. The van der Waals surface area contributed by atoms with Gasteiger partial charge in [0.2, 0.25) is 5.91 Å². The van der Waals surface area contributed by atoms with Crippen LogP contribution in [0, 0.1) is 0 Å².